The van der Waals surface area contributed by atoms with E-state index in [0.29, 0.717) is 5.56 Å². The van der Waals surface area contributed by atoms with Crippen LogP contribution in [0.15, 0.2) is 188 Å². The van der Waals surface area contributed by atoms with Crippen molar-refractivity contribution >= 4 is 17.1 Å². The summed E-state index contributed by atoms with van der Waals surface area (Å²) in [6.07, 6.45) is 0. The Balaban J connectivity index is 1.05. The smallest absolute Gasteiger partial charge is 0.0629 e. The SMILES string of the molecule is [2H]c1c([2H])c([2H])c(-c2cc3c(cc2-c2ccc(-c4ccc(N(c5ccc(-c6ccccc6)cc5)c5ccc6c(c5)C(C)(C)c5ccccc5-6)cc4)cc2)C(C)(C)C(C)(C)C3(C)C)c([2H])c1[2H]. The molecule has 0 unspecified atom stereocenters. The second kappa shape index (κ2) is 14.1. The summed E-state index contributed by atoms with van der Waals surface area (Å²) in [6, 6.07) is 55.1. The Morgan fingerprint density at radius 2 is 0.787 bits per heavy atom. The van der Waals surface area contributed by atoms with Crippen molar-refractivity contribution in [3.05, 3.63) is 210 Å². The van der Waals surface area contributed by atoms with Crippen LogP contribution in [0.4, 0.5) is 17.1 Å². The number of fused-ring (bicyclic) bond motifs is 4. The number of nitrogens with zero attached hydrogens (tertiary/aromatic N) is 1. The van der Waals surface area contributed by atoms with Crippen molar-refractivity contribution < 1.29 is 6.85 Å². The van der Waals surface area contributed by atoms with Gasteiger partial charge in [-0.3, -0.25) is 0 Å². The van der Waals surface area contributed by atoms with Gasteiger partial charge in [-0.25, -0.2) is 0 Å². The minimum Gasteiger partial charge on any atom is -0.310 e. The molecule has 61 heavy (non-hydrogen) atoms. The van der Waals surface area contributed by atoms with Crippen molar-refractivity contribution in [3.8, 4) is 55.6 Å². The summed E-state index contributed by atoms with van der Waals surface area (Å²) in [5, 5.41) is 0. The van der Waals surface area contributed by atoms with Crippen LogP contribution in [0.25, 0.3) is 55.6 Å². The molecule has 300 valence electrons. The number of anilines is 3. The van der Waals surface area contributed by atoms with Gasteiger partial charge in [-0.1, -0.05) is 195 Å². The summed E-state index contributed by atoms with van der Waals surface area (Å²) in [6.45, 7) is 18.4. The van der Waals surface area contributed by atoms with E-state index in [4.69, 9.17) is 6.85 Å². The third-order valence-corrected chi connectivity index (χ3v) is 15.1. The van der Waals surface area contributed by atoms with Gasteiger partial charge in [0.2, 0.25) is 0 Å². The third-order valence-electron chi connectivity index (χ3n) is 15.1. The largest absolute Gasteiger partial charge is 0.310 e. The van der Waals surface area contributed by atoms with Crippen molar-refractivity contribution in [2.75, 3.05) is 4.90 Å². The van der Waals surface area contributed by atoms with Crippen LogP contribution in [-0.4, -0.2) is 0 Å². The first-order valence-corrected chi connectivity index (χ1v) is 21.5. The van der Waals surface area contributed by atoms with Gasteiger partial charge in [-0.05, 0) is 143 Å². The van der Waals surface area contributed by atoms with Gasteiger partial charge in [0, 0.05) is 22.5 Å². The molecule has 0 atom stereocenters. The normalized spacial score (nSPS) is 17.2. The van der Waals surface area contributed by atoms with E-state index in [2.05, 4.69) is 212 Å². The molecule has 2 aliphatic rings. The summed E-state index contributed by atoms with van der Waals surface area (Å²) in [5.41, 5.74) is 17.3. The molecule has 1 nitrogen and oxygen atoms in total. The lowest BCUT2D eigenvalue weighted by Crippen LogP contribution is -2.42. The Morgan fingerprint density at radius 1 is 0.344 bits per heavy atom. The molecular weight excluding hydrogens is 735 g/mol. The molecule has 0 heterocycles. The first kappa shape index (κ1) is 33.3. The number of benzene rings is 8. The standard InChI is InChI=1S/C60H55N/c1-57(2)53-22-16-15-21-49(53)50-36-35-48(37-54(50)57)61(46-31-27-42(28-32-46)40-17-11-9-12-18-40)47-33-29-43(30-34-47)41-23-25-45(26-24-41)52-39-56-55(38-51(52)44-19-13-10-14-20-44)58(3,4)60(7,8)59(56,5)6/h9-39H,1-8H3/i10D,13D,14D,19D,20D. The third kappa shape index (κ3) is 6.04. The Kier molecular flexibility index (Phi) is 7.68. The van der Waals surface area contributed by atoms with E-state index in [1.165, 1.54) is 38.9 Å². The predicted octanol–water partition coefficient (Wildman–Crippen LogP) is 16.7. The molecule has 0 N–H and O–H groups in total. The van der Waals surface area contributed by atoms with Crippen molar-refractivity contribution in [1.29, 1.82) is 0 Å². The zero-order valence-electron chi connectivity index (χ0n) is 41.5. The van der Waals surface area contributed by atoms with Gasteiger partial charge in [-0.2, -0.15) is 0 Å². The predicted molar refractivity (Wildman–Crippen MR) is 260 cm³/mol. The van der Waals surface area contributed by atoms with E-state index in [0.717, 1.165) is 44.9 Å². The lowest BCUT2D eigenvalue weighted by atomic mass is 9.59. The number of hydrogen-bond acceptors (Lipinski definition) is 1. The Morgan fingerprint density at radius 3 is 1.36 bits per heavy atom. The lowest BCUT2D eigenvalue weighted by Gasteiger charge is -2.44. The first-order valence-electron chi connectivity index (χ1n) is 24.0. The molecule has 1 heteroatoms. The second-order valence-electron chi connectivity index (χ2n) is 19.1. The molecule has 0 aromatic heterocycles. The van der Waals surface area contributed by atoms with Crippen LogP contribution >= 0.6 is 0 Å². The molecule has 2 aliphatic carbocycles. The van der Waals surface area contributed by atoms with Crippen LogP contribution in [0.1, 0.15) is 84.5 Å². The maximum atomic E-state index is 9.03. The average molecular weight is 795 g/mol. The monoisotopic (exact) mass is 794 g/mol. The Hall–Kier alpha value is -6.44. The van der Waals surface area contributed by atoms with E-state index in [-0.39, 0.29) is 57.4 Å². The second-order valence-corrected chi connectivity index (χ2v) is 19.1. The molecule has 10 rings (SSSR count). The lowest BCUT2D eigenvalue weighted by molar-refractivity contribution is 0.125. The molecule has 0 spiro atoms. The summed E-state index contributed by atoms with van der Waals surface area (Å²) in [5.74, 6) is 0. The van der Waals surface area contributed by atoms with E-state index < -0.39 is 0 Å². The summed E-state index contributed by atoms with van der Waals surface area (Å²) < 4.78 is 43.6. The maximum Gasteiger partial charge on any atom is 0.0629 e. The Bertz CT molecular complexity index is 3190. The van der Waals surface area contributed by atoms with Gasteiger partial charge in [0.05, 0.1) is 6.85 Å². The maximum absolute atomic E-state index is 9.03. The molecule has 0 saturated heterocycles. The number of rotatable bonds is 7. The van der Waals surface area contributed by atoms with Crippen LogP contribution in [-0.2, 0) is 16.2 Å². The van der Waals surface area contributed by atoms with Crippen molar-refractivity contribution in [1.82, 2.24) is 0 Å². The molecular formula is C60H55N. The summed E-state index contributed by atoms with van der Waals surface area (Å²) in [7, 11) is 0. The zero-order valence-corrected chi connectivity index (χ0v) is 36.5. The summed E-state index contributed by atoms with van der Waals surface area (Å²) >= 11 is 0. The van der Waals surface area contributed by atoms with Gasteiger partial charge >= 0.3 is 0 Å². The van der Waals surface area contributed by atoms with Gasteiger partial charge < -0.3 is 4.90 Å². The van der Waals surface area contributed by atoms with Crippen molar-refractivity contribution in [2.45, 2.75) is 71.6 Å². The molecule has 0 fully saturated rings. The van der Waals surface area contributed by atoms with Crippen LogP contribution in [0.5, 0.6) is 0 Å². The highest BCUT2D eigenvalue weighted by molar-refractivity contribution is 5.88. The van der Waals surface area contributed by atoms with Crippen LogP contribution in [0.3, 0.4) is 0 Å². The first-order chi connectivity index (χ1) is 31.3. The average Bonchev–Trinajstić information content (AvgIpc) is 3.61. The van der Waals surface area contributed by atoms with E-state index in [9.17, 15) is 0 Å². The molecule has 0 radical (unpaired) electrons. The highest BCUT2D eigenvalue weighted by atomic mass is 15.1. The molecule has 8 aromatic rings. The minimum absolute atomic E-state index is 0.127. The highest BCUT2D eigenvalue weighted by Crippen LogP contribution is 2.62. The van der Waals surface area contributed by atoms with E-state index >= 15 is 0 Å². The van der Waals surface area contributed by atoms with Crippen LogP contribution in [0, 0.1) is 5.41 Å². The van der Waals surface area contributed by atoms with Gasteiger partial charge in [-0.15, -0.1) is 0 Å². The van der Waals surface area contributed by atoms with Gasteiger partial charge in [0.15, 0.2) is 0 Å². The van der Waals surface area contributed by atoms with Crippen LogP contribution < -0.4 is 4.90 Å². The Labute approximate surface area is 370 Å². The fraction of sp³-hybridized carbons (Fsp3) is 0.200. The molecule has 0 aliphatic heterocycles. The quantitative estimate of drug-likeness (QED) is 0.155. The molecule has 0 saturated carbocycles. The fourth-order valence-corrected chi connectivity index (χ4v) is 10.3. The zero-order chi connectivity index (χ0) is 46.7. The fourth-order valence-electron chi connectivity index (χ4n) is 10.3. The molecule has 8 aromatic carbocycles. The molecule has 0 bridgehead atoms. The topological polar surface area (TPSA) is 3.24 Å². The summed E-state index contributed by atoms with van der Waals surface area (Å²) in [4.78, 5) is 2.35. The van der Waals surface area contributed by atoms with Gasteiger partial charge in [0.25, 0.3) is 0 Å². The molecule has 0 amide bonds. The minimum atomic E-state index is -0.388. The highest BCUT2D eigenvalue weighted by Gasteiger charge is 2.57. The van der Waals surface area contributed by atoms with Crippen molar-refractivity contribution in [2.24, 2.45) is 5.41 Å². The number of hydrogen-bond donors (Lipinski definition) is 0. The van der Waals surface area contributed by atoms with E-state index in [1.807, 2.05) is 6.07 Å². The van der Waals surface area contributed by atoms with E-state index in [1.54, 1.807) is 0 Å². The van der Waals surface area contributed by atoms with Crippen LogP contribution in [0.2, 0.25) is 0 Å². The van der Waals surface area contributed by atoms with Gasteiger partial charge in [0.1, 0.15) is 0 Å². The van der Waals surface area contributed by atoms with Crippen molar-refractivity contribution in [3.63, 3.8) is 0 Å².